The molecule has 0 spiro atoms. The average Bonchev–Trinajstić information content (AvgIpc) is 2.61. The minimum Gasteiger partial charge on any atom is -0.368 e. The van der Waals surface area contributed by atoms with Crippen molar-refractivity contribution in [1.82, 2.24) is 10.2 Å². The van der Waals surface area contributed by atoms with Crippen LogP contribution < -0.4 is 10.2 Å². The van der Waals surface area contributed by atoms with Crippen LogP contribution in [0.1, 0.15) is 11.1 Å². The van der Waals surface area contributed by atoms with Crippen molar-refractivity contribution in [2.45, 2.75) is 13.5 Å². The Kier molecular flexibility index (Phi) is 4.99. The van der Waals surface area contributed by atoms with E-state index in [1.807, 2.05) is 30.0 Å². The standard InChI is InChI=1S/C19H22FN3O/c1-15-3-2-4-16(13-15)14-21-19(24)23-11-9-22(10-12-23)18-7-5-17(20)6-8-18/h2-8,13H,9-12,14H2,1H3,(H,21,24). The maximum absolute atomic E-state index is 13.0. The Morgan fingerprint density at radius 2 is 1.79 bits per heavy atom. The van der Waals surface area contributed by atoms with E-state index in [-0.39, 0.29) is 11.8 Å². The molecule has 1 fully saturated rings. The first kappa shape index (κ1) is 16.3. The van der Waals surface area contributed by atoms with Gasteiger partial charge in [0.15, 0.2) is 0 Å². The van der Waals surface area contributed by atoms with Crippen molar-refractivity contribution < 1.29 is 9.18 Å². The van der Waals surface area contributed by atoms with E-state index < -0.39 is 0 Å². The lowest BCUT2D eigenvalue weighted by Gasteiger charge is -2.36. The molecule has 0 atom stereocenters. The molecule has 0 aliphatic carbocycles. The zero-order valence-corrected chi connectivity index (χ0v) is 13.8. The third-order valence-electron chi connectivity index (χ3n) is 4.28. The lowest BCUT2D eigenvalue weighted by molar-refractivity contribution is 0.194. The number of nitrogens with zero attached hydrogens (tertiary/aromatic N) is 2. The van der Waals surface area contributed by atoms with Gasteiger partial charge in [0.1, 0.15) is 5.82 Å². The second kappa shape index (κ2) is 7.34. The van der Waals surface area contributed by atoms with Crippen LogP contribution in [-0.4, -0.2) is 37.1 Å². The lowest BCUT2D eigenvalue weighted by atomic mass is 10.1. The van der Waals surface area contributed by atoms with Gasteiger partial charge in [0.25, 0.3) is 0 Å². The van der Waals surface area contributed by atoms with Gasteiger partial charge in [-0.05, 0) is 36.8 Å². The van der Waals surface area contributed by atoms with E-state index in [0.717, 1.165) is 24.3 Å². The number of amides is 2. The zero-order valence-electron chi connectivity index (χ0n) is 13.8. The predicted octanol–water partition coefficient (Wildman–Crippen LogP) is 3.17. The van der Waals surface area contributed by atoms with Crippen molar-refractivity contribution in [1.29, 1.82) is 0 Å². The molecular weight excluding hydrogens is 305 g/mol. The fourth-order valence-electron chi connectivity index (χ4n) is 2.93. The highest BCUT2D eigenvalue weighted by atomic mass is 19.1. The summed E-state index contributed by atoms with van der Waals surface area (Å²) >= 11 is 0. The Morgan fingerprint density at radius 3 is 2.46 bits per heavy atom. The number of anilines is 1. The maximum atomic E-state index is 13.0. The largest absolute Gasteiger partial charge is 0.368 e. The minimum atomic E-state index is -0.229. The zero-order chi connectivity index (χ0) is 16.9. The summed E-state index contributed by atoms with van der Waals surface area (Å²) in [6.07, 6.45) is 0. The number of rotatable bonds is 3. The lowest BCUT2D eigenvalue weighted by Crippen LogP contribution is -2.51. The van der Waals surface area contributed by atoms with Gasteiger partial charge in [-0.15, -0.1) is 0 Å². The van der Waals surface area contributed by atoms with Crippen molar-refractivity contribution in [3.05, 3.63) is 65.5 Å². The molecule has 1 saturated heterocycles. The normalized spacial score (nSPS) is 14.6. The molecule has 0 saturated carbocycles. The number of carbonyl (C=O) groups excluding carboxylic acids is 1. The highest BCUT2D eigenvalue weighted by molar-refractivity contribution is 5.74. The van der Waals surface area contributed by atoms with Crippen LogP contribution in [0.3, 0.4) is 0 Å². The molecule has 4 nitrogen and oxygen atoms in total. The average molecular weight is 327 g/mol. The summed E-state index contributed by atoms with van der Waals surface area (Å²) in [6.45, 7) is 5.42. The van der Waals surface area contributed by atoms with E-state index in [2.05, 4.69) is 16.3 Å². The van der Waals surface area contributed by atoms with Crippen LogP contribution in [0.15, 0.2) is 48.5 Å². The fraction of sp³-hybridized carbons (Fsp3) is 0.316. The van der Waals surface area contributed by atoms with Gasteiger partial charge < -0.3 is 15.1 Å². The second-order valence-electron chi connectivity index (χ2n) is 6.10. The molecule has 126 valence electrons. The smallest absolute Gasteiger partial charge is 0.317 e. The van der Waals surface area contributed by atoms with E-state index in [1.54, 1.807) is 12.1 Å². The van der Waals surface area contributed by atoms with Gasteiger partial charge in [-0.2, -0.15) is 0 Å². The van der Waals surface area contributed by atoms with Gasteiger partial charge in [-0.3, -0.25) is 0 Å². The highest BCUT2D eigenvalue weighted by Gasteiger charge is 2.21. The fourth-order valence-corrected chi connectivity index (χ4v) is 2.93. The maximum Gasteiger partial charge on any atom is 0.317 e. The monoisotopic (exact) mass is 327 g/mol. The van der Waals surface area contributed by atoms with E-state index >= 15 is 0 Å². The van der Waals surface area contributed by atoms with Crippen molar-refractivity contribution in [2.75, 3.05) is 31.1 Å². The molecule has 0 aromatic heterocycles. The molecule has 24 heavy (non-hydrogen) atoms. The Labute approximate surface area is 141 Å². The number of benzene rings is 2. The van der Waals surface area contributed by atoms with Crippen LogP contribution in [0, 0.1) is 12.7 Å². The van der Waals surface area contributed by atoms with E-state index in [1.165, 1.54) is 17.7 Å². The molecule has 1 N–H and O–H groups in total. The molecular formula is C19H22FN3O. The summed E-state index contributed by atoms with van der Waals surface area (Å²) in [5.41, 5.74) is 3.29. The van der Waals surface area contributed by atoms with E-state index in [9.17, 15) is 9.18 Å². The van der Waals surface area contributed by atoms with Gasteiger partial charge in [-0.25, -0.2) is 9.18 Å². The van der Waals surface area contributed by atoms with Crippen LogP contribution in [0.2, 0.25) is 0 Å². The minimum absolute atomic E-state index is 0.0322. The first-order valence-electron chi connectivity index (χ1n) is 8.21. The Bertz CT molecular complexity index is 694. The molecule has 2 aromatic carbocycles. The Hall–Kier alpha value is -2.56. The summed E-state index contributed by atoms with van der Waals surface area (Å²) in [6, 6.07) is 14.6. The van der Waals surface area contributed by atoms with Crippen LogP contribution in [0.25, 0.3) is 0 Å². The van der Waals surface area contributed by atoms with Crippen LogP contribution >= 0.6 is 0 Å². The molecule has 1 aliphatic heterocycles. The van der Waals surface area contributed by atoms with Crippen molar-refractivity contribution in [3.8, 4) is 0 Å². The van der Waals surface area contributed by atoms with Gasteiger partial charge in [-0.1, -0.05) is 29.8 Å². The van der Waals surface area contributed by atoms with Gasteiger partial charge >= 0.3 is 6.03 Å². The first-order chi connectivity index (χ1) is 11.6. The molecule has 2 amide bonds. The Balaban J connectivity index is 1.49. The summed E-state index contributed by atoms with van der Waals surface area (Å²) in [5.74, 6) is -0.229. The van der Waals surface area contributed by atoms with Crippen LogP contribution in [0.5, 0.6) is 0 Å². The van der Waals surface area contributed by atoms with E-state index in [4.69, 9.17) is 0 Å². The van der Waals surface area contributed by atoms with Gasteiger partial charge in [0.05, 0.1) is 0 Å². The molecule has 1 aliphatic rings. The number of urea groups is 1. The number of nitrogens with one attached hydrogen (secondary N) is 1. The topological polar surface area (TPSA) is 35.6 Å². The predicted molar refractivity (Wildman–Crippen MR) is 93.6 cm³/mol. The number of halogens is 1. The number of hydrogen-bond acceptors (Lipinski definition) is 2. The SMILES string of the molecule is Cc1cccc(CNC(=O)N2CCN(c3ccc(F)cc3)CC2)c1. The number of piperazine rings is 1. The number of hydrogen-bond donors (Lipinski definition) is 1. The Morgan fingerprint density at radius 1 is 1.08 bits per heavy atom. The number of carbonyl (C=O) groups is 1. The summed E-state index contributed by atoms with van der Waals surface area (Å²) < 4.78 is 13.0. The molecule has 5 heteroatoms. The van der Waals surface area contributed by atoms with Crippen LogP contribution in [0.4, 0.5) is 14.9 Å². The van der Waals surface area contributed by atoms with Crippen LogP contribution in [-0.2, 0) is 6.54 Å². The molecule has 2 aromatic rings. The van der Waals surface area contributed by atoms with Crippen molar-refractivity contribution in [3.63, 3.8) is 0 Å². The summed E-state index contributed by atoms with van der Waals surface area (Å²) in [4.78, 5) is 16.3. The quantitative estimate of drug-likeness (QED) is 0.940. The van der Waals surface area contributed by atoms with E-state index in [0.29, 0.717) is 19.6 Å². The summed E-state index contributed by atoms with van der Waals surface area (Å²) in [5, 5.41) is 2.98. The molecule has 0 unspecified atom stereocenters. The molecule has 0 radical (unpaired) electrons. The van der Waals surface area contributed by atoms with Gasteiger partial charge in [0.2, 0.25) is 0 Å². The van der Waals surface area contributed by atoms with Crippen molar-refractivity contribution in [2.24, 2.45) is 0 Å². The highest BCUT2D eigenvalue weighted by Crippen LogP contribution is 2.17. The molecule has 0 bridgehead atoms. The number of aryl methyl sites for hydroxylation is 1. The molecule has 3 rings (SSSR count). The molecule has 1 heterocycles. The third-order valence-corrected chi connectivity index (χ3v) is 4.28. The van der Waals surface area contributed by atoms with Gasteiger partial charge in [0, 0.05) is 38.4 Å². The third kappa shape index (κ3) is 4.04. The summed E-state index contributed by atoms with van der Waals surface area (Å²) in [7, 11) is 0. The second-order valence-corrected chi connectivity index (χ2v) is 6.10. The van der Waals surface area contributed by atoms with Crippen molar-refractivity contribution >= 4 is 11.7 Å². The first-order valence-corrected chi connectivity index (χ1v) is 8.21.